The van der Waals surface area contributed by atoms with Crippen molar-refractivity contribution in [2.24, 2.45) is 0 Å². The molecule has 0 fully saturated rings. The van der Waals surface area contributed by atoms with Crippen LogP contribution in [0.4, 0.5) is 10.3 Å². The van der Waals surface area contributed by atoms with E-state index in [0.29, 0.717) is 15.8 Å². The highest BCUT2D eigenvalue weighted by molar-refractivity contribution is 7.22. The molecule has 0 atom stereocenters. The second-order valence-electron chi connectivity index (χ2n) is 3.36. The Bertz CT molecular complexity index is 707. The van der Waals surface area contributed by atoms with Gasteiger partial charge < -0.3 is 5.73 Å². The molecule has 0 aliphatic heterocycles. The highest BCUT2D eigenvalue weighted by atomic mass is 32.1. The Morgan fingerprint density at radius 2 is 2.28 bits per heavy atom. The summed E-state index contributed by atoms with van der Waals surface area (Å²) < 4.78 is 4.43. The monoisotopic (exact) mass is 278 g/mol. The summed E-state index contributed by atoms with van der Waals surface area (Å²) in [4.78, 5) is 16.0. The van der Waals surface area contributed by atoms with E-state index in [4.69, 9.17) is 5.73 Å². The molecule has 3 aromatic rings. The predicted octanol–water partition coefficient (Wildman–Crippen LogP) is 1.38. The van der Waals surface area contributed by atoms with Gasteiger partial charge in [0.2, 0.25) is 5.13 Å². The average molecular weight is 278 g/mol. The van der Waals surface area contributed by atoms with Crippen molar-refractivity contribution in [1.82, 2.24) is 19.8 Å². The normalized spacial score (nSPS) is 10.7. The molecule has 9 heteroatoms. The van der Waals surface area contributed by atoms with Gasteiger partial charge in [0, 0.05) is 17.1 Å². The lowest BCUT2D eigenvalue weighted by molar-refractivity contribution is 0.102. The van der Waals surface area contributed by atoms with Gasteiger partial charge in [0.05, 0.1) is 10.2 Å². The number of fused-ring (bicyclic) bond motifs is 1. The lowest BCUT2D eigenvalue weighted by Gasteiger charge is -1.99. The van der Waals surface area contributed by atoms with Gasteiger partial charge in [-0.3, -0.25) is 10.1 Å². The Balaban J connectivity index is 1.91. The maximum absolute atomic E-state index is 11.9. The molecule has 3 N–H and O–H groups in total. The lowest BCUT2D eigenvalue weighted by Crippen LogP contribution is -2.11. The zero-order chi connectivity index (χ0) is 12.5. The number of benzene rings is 1. The standard InChI is InChI=1S/C9H6N6OS2/c10-8-11-5-2-1-4(3-6(5)17-8)7(16)12-9-13-14-15-18-9/h1-3H,(H2,10,11)(H,12,13,15,16). The molecule has 0 saturated heterocycles. The highest BCUT2D eigenvalue weighted by Crippen LogP contribution is 2.24. The smallest absolute Gasteiger partial charge is 0.257 e. The first kappa shape index (κ1) is 11.0. The molecule has 7 nitrogen and oxygen atoms in total. The fourth-order valence-electron chi connectivity index (χ4n) is 1.43. The molecule has 0 aliphatic rings. The number of amides is 1. The summed E-state index contributed by atoms with van der Waals surface area (Å²) in [5, 5.41) is 10.5. The Morgan fingerprint density at radius 1 is 1.39 bits per heavy atom. The maximum Gasteiger partial charge on any atom is 0.257 e. The van der Waals surface area contributed by atoms with Crippen molar-refractivity contribution >= 4 is 49.3 Å². The minimum Gasteiger partial charge on any atom is -0.375 e. The van der Waals surface area contributed by atoms with E-state index >= 15 is 0 Å². The van der Waals surface area contributed by atoms with Gasteiger partial charge in [-0.1, -0.05) is 20.9 Å². The quantitative estimate of drug-likeness (QED) is 0.733. The van der Waals surface area contributed by atoms with E-state index in [2.05, 4.69) is 25.1 Å². The van der Waals surface area contributed by atoms with Crippen LogP contribution in [0.1, 0.15) is 10.4 Å². The number of nitrogen functional groups attached to an aromatic ring is 1. The summed E-state index contributed by atoms with van der Waals surface area (Å²) in [6.07, 6.45) is 0. The van der Waals surface area contributed by atoms with Crippen LogP contribution in [-0.2, 0) is 0 Å². The van der Waals surface area contributed by atoms with Crippen LogP contribution in [0.25, 0.3) is 10.2 Å². The van der Waals surface area contributed by atoms with Crippen molar-refractivity contribution in [2.75, 3.05) is 11.1 Å². The second kappa shape index (κ2) is 4.27. The van der Waals surface area contributed by atoms with Crippen molar-refractivity contribution in [3.05, 3.63) is 23.8 Å². The number of nitrogens with one attached hydrogen (secondary N) is 1. The molecule has 0 saturated carbocycles. The number of aromatic nitrogens is 4. The van der Waals surface area contributed by atoms with Crippen molar-refractivity contribution in [1.29, 1.82) is 0 Å². The average Bonchev–Trinajstić information content (AvgIpc) is 2.95. The molecule has 2 heterocycles. The molecule has 1 aromatic carbocycles. The van der Waals surface area contributed by atoms with E-state index in [0.717, 1.165) is 21.7 Å². The van der Waals surface area contributed by atoms with Crippen molar-refractivity contribution < 1.29 is 4.79 Å². The molecular weight excluding hydrogens is 272 g/mol. The molecule has 18 heavy (non-hydrogen) atoms. The second-order valence-corrected chi connectivity index (χ2v) is 5.15. The van der Waals surface area contributed by atoms with Crippen molar-refractivity contribution in [2.45, 2.75) is 0 Å². The third kappa shape index (κ3) is 2.00. The van der Waals surface area contributed by atoms with Crippen LogP contribution < -0.4 is 11.1 Å². The molecule has 2 aromatic heterocycles. The Hall–Kier alpha value is -2.13. The van der Waals surface area contributed by atoms with Crippen LogP contribution >= 0.6 is 22.9 Å². The van der Waals surface area contributed by atoms with Crippen LogP contribution in [0.15, 0.2) is 18.2 Å². The van der Waals surface area contributed by atoms with Crippen LogP contribution in [0.2, 0.25) is 0 Å². The van der Waals surface area contributed by atoms with Crippen LogP contribution in [0.3, 0.4) is 0 Å². The minimum atomic E-state index is -0.262. The number of anilines is 2. The summed E-state index contributed by atoms with van der Waals surface area (Å²) in [7, 11) is 0. The van der Waals surface area contributed by atoms with Gasteiger partial charge in [0.1, 0.15) is 0 Å². The molecule has 0 radical (unpaired) electrons. The van der Waals surface area contributed by atoms with Gasteiger partial charge in [-0.05, 0) is 23.4 Å². The first-order valence-electron chi connectivity index (χ1n) is 4.85. The first-order valence-corrected chi connectivity index (χ1v) is 6.44. The largest absolute Gasteiger partial charge is 0.375 e. The summed E-state index contributed by atoms with van der Waals surface area (Å²) in [6.45, 7) is 0. The Labute approximate surface area is 109 Å². The summed E-state index contributed by atoms with van der Waals surface area (Å²) >= 11 is 2.36. The Morgan fingerprint density at radius 3 is 3.06 bits per heavy atom. The summed E-state index contributed by atoms with van der Waals surface area (Å²) in [6, 6.07) is 5.19. The molecule has 0 unspecified atom stereocenters. The van der Waals surface area contributed by atoms with E-state index < -0.39 is 0 Å². The third-order valence-corrected chi connectivity index (χ3v) is 3.55. The van der Waals surface area contributed by atoms with Gasteiger partial charge >= 0.3 is 0 Å². The SMILES string of the molecule is Nc1nc2ccc(C(=O)Nc3nnns3)cc2s1. The third-order valence-electron chi connectivity index (χ3n) is 2.19. The Kier molecular flexibility index (Phi) is 2.61. The molecule has 3 rings (SSSR count). The van der Waals surface area contributed by atoms with Crippen LogP contribution in [-0.4, -0.2) is 25.7 Å². The number of hydrogen-bond donors (Lipinski definition) is 2. The zero-order valence-electron chi connectivity index (χ0n) is 8.82. The van der Waals surface area contributed by atoms with Gasteiger partial charge in [-0.2, -0.15) is 0 Å². The minimum absolute atomic E-state index is 0.262. The molecule has 0 bridgehead atoms. The highest BCUT2D eigenvalue weighted by Gasteiger charge is 2.10. The van der Waals surface area contributed by atoms with Gasteiger partial charge in [-0.15, -0.1) is 0 Å². The fourth-order valence-corrected chi connectivity index (χ4v) is 2.57. The van der Waals surface area contributed by atoms with Gasteiger partial charge in [0.25, 0.3) is 5.91 Å². The molecule has 0 spiro atoms. The number of thiazole rings is 1. The van der Waals surface area contributed by atoms with Crippen LogP contribution in [0.5, 0.6) is 0 Å². The first-order chi connectivity index (χ1) is 8.72. The van der Waals surface area contributed by atoms with Crippen molar-refractivity contribution in [3.63, 3.8) is 0 Å². The molecule has 1 amide bonds. The van der Waals surface area contributed by atoms with Gasteiger partial charge in [0.15, 0.2) is 5.13 Å². The van der Waals surface area contributed by atoms with Gasteiger partial charge in [-0.25, -0.2) is 4.98 Å². The fraction of sp³-hybridized carbons (Fsp3) is 0. The lowest BCUT2D eigenvalue weighted by atomic mass is 10.2. The maximum atomic E-state index is 11.9. The number of carbonyl (C=O) groups excluding carboxylic acids is 1. The van der Waals surface area contributed by atoms with E-state index in [1.807, 2.05) is 0 Å². The van der Waals surface area contributed by atoms with E-state index in [-0.39, 0.29) is 5.91 Å². The number of rotatable bonds is 2. The molecule has 90 valence electrons. The number of carbonyl (C=O) groups is 1. The number of nitrogens with two attached hydrogens (primary N) is 1. The number of hydrogen-bond acceptors (Lipinski definition) is 8. The number of nitrogens with zero attached hydrogens (tertiary/aromatic N) is 4. The summed E-state index contributed by atoms with van der Waals surface area (Å²) in [5.41, 5.74) is 6.91. The summed E-state index contributed by atoms with van der Waals surface area (Å²) in [5.74, 6) is -0.262. The topological polar surface area (TPSA) is 107 Å². The molecular formula is C9H6N6OS2. The van der Waals surface area contributed by atoms with E-state index in [9.17, 15) is 4.79 Å². The zero-order valence-corrected chi connectivity index (χ0v) is 10.5. The van der Waals surface area contributed by atoms with E-state index in [1.54, 1.807) is 18.2 Å². The molecule has 0 aliphatic carbocycles. The van der Waals surface area contributed by atoms with Crippen LogP contribution in [0, 0.1) is 0 Å². The van der Waals surface area contributed by atoms with E-state index in [1.165, 1.54) is 11.3 Å². The van der Waals surface area contributed by atoms with Crippen molar-refractivity contribution in [3.8, 4) is 0 Å². The predicted molar refractivity (Wildman–Crippen MR) is 69.7 cm³/mol.